The van der Waals surface area contributed by atoms with E-state index in [4.69, 9.17) is 16.1 Å². The van der Waals surface area contributed by atoms with Crippen molar-refractivity contribution in [1.29, 1.82) is 0 Å². The molecule has 0 spiro atoms. The molecule has 0 aliphatic rings. The van der Waals surface area contributed by atoms with Gasteiger partial charge in [0.05, 0.1) is 22.2 Å². The van der Waals surface area contributed by atoms with Crippen molar-refractivity contribution in [3.63, 3.8) is 0 Å². The molecule has 0 aromatic carbocycles. The molecular formula is C12H13ClN4O3. The van der Waals surface area contributed by atoms with E-state index in [1.165, 1.54) is 6.07 Å². The quantitative estimate of drug-likeness (QED) is 0.671. The van der Waals surface area contributed by atoms with Gasteiger partial charge in [-0.05, 0) is 5.92 Å². The number of nitro groups is 1. The SMILES string of the molecule is CC(C)c1cc(CNc2ncc([N+](=O)[O-])cc2Cl)on1. The molecule has 0 saturated carbocycles. The highest BCUT2D eigenvalue weighted by Gasteiger charge is 2.12. The predicted octanol–water partition coefficient (Wildman–Crippen LogP) is 3.37. The van der Waals surface area contributed by atoms with Crippen LogP contribution in [0.15, 0.2) is 22.9 Å². The highest BCUT2D eigenvalue weighted by Crippen LogP contribution is 2.24. The maximum atomic E-state index is 10.6. The minimum atomic E-state index is -0.548. The maximum Gasteiger partial charge on any atom is 0.289 e. The van der Waals surface area contributed by atoms with Crippen LogP contribution in [-0.2, 0) is 6.54 Å². The topological polar surface area (TPSA) is 94.1 Å². The lowest BCUT2D eigenvalue weighted by molar-refractivity contribution is -0.385. The van der Waals surface area contributed by atoms with Gasteiger partial charge in [-0.3, -0.25) is 10.1 Å². The van der Waals surface area contributed by atoms with E-state index in [9.17, 15) is 10.1 Å². The van der Waals surface area contributed by atoms with Crippen molar-refractivity contribution in [3.05, 3.63) is 44.9 Å². The van der Waals surface area contributed by atoms with E-state index in [1.807, 2.05) is 19.9 Å². The number of nitrogens with zero attached hydrogens (tertiary/aromatic N) is 3. The zero-order valence-electron chi connectivity index (χ0n) is 11.0. The van der Waals surface area contributed by atoms with Gasteiger partial charge in [0.15, 0.2) is 5.76 Å². The Labute approximate surface area is 120 Å². The lowest BCUT2D eigenvalue weighted by Crippen LogP contribution is -2.02. The summed E-state index contributed by atoms with van der Waals surface area (Å²) in [7, 11) is 0. The molecular weight excluding hydrogens is 284 g/mol. The first kappa shape index (κ1) is 14.3. The molecule has 0 aliphatic carbocycles. The predicted molar refractivity (Wildman–Crippen MR) is 73.8 cm³/mol. The molecule has 0 unspecified atom stereocenters. The van der Waals surface area contributed by atoms with Crippen LogP contribution in [-0.4, -0.2) is 15.1 Å². The van der Waals surface area contributed by atoms with E-state index in [-0.39, 0.29) is 16.6 Å². The summed E-state index contributed by atoms with van der Waals surface area (Å²) in [5, 5.41) is 17.6. The van der Waals surface area contributed by atoms with Crippen molar-refractivity contribution in [2.24, 2.45) is 0 Å². The van der Waals surface area contributed by atoms with Gasteiger partial charge in [-0.25, -0.2) is 4.98 Å². The fourth-order valence-electron chi connectivity index (χ4n) is 1.51. The zero-order valence-corrected chi connectivity index (χ0v) is 11.7. The molecule has 0 fully saturated rings. The van der Waals surface area contributed by atoms with Crippen LogP contribution in [0.1, 0.15) is 31.2 Å². The van der Waals surface area contributed by atoms with E-state index in [0.717, 1.165) is 11.9 Å². The minimum Gasteiger partial charge on any atom is -0.361 e. The van der Waals surface area contributed by atoms with Crippen LogP contribution in [0, 0.1) is 10.1 Å². The van der Waals surface area contributed by atoms with Crippen molar-refractivity contribution in [3.8, 4) is 0 Å². The molecule has 2 aromatic rings. The molecule has 20 heavy (non-hydrogen) atoms. The highest BCUT2D eigenvalue weighted by molar-refractivity contribution is 6.33. The number of nitrogens with one attached hydrogen (secondary N) is 1. The van der Waals surface area contributed by atoms with Gasteiger partial charge in [0.1, 0.15) is 12.0 Å². The molecule has 7 nitrogen and oxygen atoms in total. The van der Waals surface area contributed by atoms with Gasteiger partial charge in [0, 0.05) is 12.1 Å². The Bertz CT molecular complexity index is 627. The Morgan fingerprint density at radius 1 is 1.50 bits per heavy atom. The van der Waals surface area contributed by atoms with Crippen LogP contribution in [0.5, 0.6) is 0 Å². The van der Waals surface area contributed by atoms with Crippen LogP contribution in [0.2, 0.25) is 5.02 Å². The normalized spacial score (nSPS) is 10.8. The summed E-state index contributed by atoms with van der Waals surface area (Å²) in [6.45, 7) is 4.39. The lowest BCUT2D eigenvalue weighted by Gasteiger charge is -2.04. The summed E-state index contributed by atoms with van der Waals surface area (Å²) in [5.74, 6) is 1.29. The first-order valence-electron chi connectivity index (χ1n) is 5.96. The number of hydrogen-bond donors (Lipinski definition) is 1. The molecule has 106 valence electrons. The van der Waals surface area contributed by atoms with Gasteiger partial charge >= 0.3 is 0 Å². The number of hydrogen-bond acceptors (Lipinski definition) is 6. The van der Waals surface area contributed by atoms with Crippen LogP contribution in [0.4, 0.5) is 11.5 Å². The molecule has 2 heterocycles. The largest absolute Gasteiger partial charge is 0.361 e. The van der Waals surface area contributed by atoms with Crippen molar-refractivity contribution in [2.75, 3.05) is 5.32 Å². The standard InChI is InChI=1S/C12H13ClN4O3/c1-7(2)11-4-9(20-16-11)6-15-12-10(13)3-8(5-14-12)17(18)19/h3-5,7H,6H2,1-2H3,(H,14,15). The second-order valence-electron chi connectivity index (χ2n) is 4.51. The Morgan fingerprint density at radius 3 is 2.80 bits per heavy atom. The Kier molecular flexibility index (Phi) is 4.19. The second-order valence-corrected chi connectivity index (χ2v) is 4.91. The number of aromatic nitrogens is 2. The molecule has 0 aliphatic heterocycles. The third-order valence-corrected chi connectivity index (χ3v) is 2.92. The van der Waals surface area contributed by atoms with Crippen molar-refractivity contribution < 1.29 is 9.45 Å². The van der Waals surface area contributed by atoms with Crippen molar-refractivity contribution >= 4 is 23.1 Å². The summed E-state index contributed by atoms with van der Waals surface area (Å²) in [4.78, 5) is 13.9. The first-order chi connectivity index (χ1) is 9.47. The average Bonchev–Trinajstić information content (AvgIpc) is 2.86. The molecule has 2 rings (SSSR count). The molecule has 2 aromatic heterocycles. The van der Waals surface area contributed by atoms with Crippen molar-refractivity contribution in [2.45, 2.75) is 26.3 Å². The van der Waals surface area contributed by atoms with Gasteiger partial charge < -0.3 is 9.84 Å². The Morgan fingerprint density at radius 2 is 2.25 bits per heavy atom. The molecule has 0 atom stereocenters. The van der Waals surface area contributed by atoms with Gasteiger partial charge in [-0.1, -0.05) is 30.6 Å². The zero-order chi connectivity index (χ0) is 14.7. The maximum absolute atomic E-state index is 10.6. The van der Waals surface area contributed by atoms with Crippen LogP contribution >= 0.6 is 11.6 Å². The average molecular weight is 297 g/mol. The van der Waals surface area contributed by atoms with E-state index < -0.39 is 4.92 Å². The fourth-order valence-corrected chi connectivity index (χ4v) is 1.74. The lowest BCUT2D eigenvalue weighted by atomic mass is 10.1. The summed E-state index contributed by atoms with van der Waals surface area (Å²) >= 11 is 5.92. The number of anilines is 1. The fraction of sp³-hybridized carbons (Fsp3) is 0.333. The Hall–Kier alpha value is -2.15. The van der Waals surface area contributed by atoms with E-state index in [2.05, 4.69) is 15.5 Å². The van der Waals surface area contributed by atoms with Gasteiger partial charge in [-0.15, -0.1) is 0 Å². The number of pyridine rings is 1. The smallest absolute Gasteiger partial charge is 0.289 e. The Balaban J connectivity index is 2.05. The number of rotatable bonds is 5. The van der Waals surface area contributed by atoms with E-state index in [0.29, 0.717) is 18.1 Å². The monoisotopic (exact) mass is 296 g/mol. The van der Waals surface area contributed by atoms with E-state index in [1.54, 1.807) is 0 Å². The summed E-state index contributed by atoms with van der Waals surface area (Å²) in [5.41, 5.74) is 0.715. The number of halogens is 1. The third-order valence-electron chi connectivity index (χ3n) is 2.64. The van der Waals surface area contributed by atoms with Gasteiger partial charge in [-0.2, -0.15) is 0 Å². The summed E-state index contributed by atoms with van der Waals surface area (Å²) < 4.78 is 5.16. The summed E-state index contributed by atoms with van der Waals surface area (Å²) in [6.07, 6.45) is 1.15. The van der Waals surface area contributed by atoms with Gasteiger partial charge in [0.25, 0.3) is 5.69 Å². The van der Waals surface area contributed by atoms with Gasteiger partial charge in [0.2, 0.25) is 0 Å². The van der Waals surface area contributed by atoms with Crippen LogP contribution < -0.4 is 5.32 Å². The molecule has 0 saturated heterocycles. The van der Waals surface area contributed by atoms with E-state index >= 15 is 0 Å². The molecule has 0 bridgehead atoms. The van der Waals surface area contributed by atoms with Crippen LogP contribution in [0.25, 0.3) is 0 Å². The minimum absolute atomic E-state index is 0.151. The van der Waals surface area contributed by atoms with Crippen molar-refractivity contribution in [1.82, 2.24) is 10.1 Å². The van der Waals surface area contributed by atoms with Crippen LogP contribution in [0.3, 0.4) is 0 Å². The second kappa shape index (κ2) is 5.87. The molecule has 8 heteroatoms. The summed E-state index contributed by atoms with van der Waals surface area (Å²) in [6, 6.07) is 3.09. The first-order valence-corrected chi connectivity index (χ1v) is 6.34. The molecule has 0 radical (unpaired) electrons. The molecule has 1 N–H and O–H groups in total. The highest BCUT2D eigenvalue weighted by atomic mass is 35.5. The third kappa shape index (κ3) is 3.24. The molecule has 0 amide bonds.